The Morgan fingerprint density at radius 1 is 1.05 bits per heavy atom. The zero-order valence-corrected chi connectivity index (χ0v) is 13.2. The highest BCUT2D eigenvalue weighted by atomic mass is 16.5. The second-order valence-electron chi connectivity index (χ2n) is 5.61. The fourth-order valence-electron chi connectivity index (χ4n) is 2.58. The molecule has 2 rings (SSSR count). The predicted molar refractivity (Wildman–Crippen MR) is 89.8 cm³/mol. The molecule has 0 aliphatic heterocycles. The van der Waals surface area contributed by atoms with E-state index in [-0.39, 0.29) is 0 Å². The second kappa shape index (κ2) is 8.42. The highest BCUT2D eigenvalue weighted by Gasteiger charge is 2.06. The molecule has 0 spiro atoms. The lowest BCUT2D eigenvalue weighted by Crippen LogP contribution is -1.99. The van der Waals surface area contributed by atoms with Crippen LogP contribution in [-0.2, 0) is 0 Å². The van der Waals surface area contributed by atoms with Gasteiger partial charge < -0.3 is 9.84 Å². The van der Waals surface area contributed by atoms with E-state index >= 15 is 0 Å². The first-order valence-corrected chi connectivity index (χ1v) is 8.11. The van der Waals surface area contributed by atoms with E-state index in [2.05, 4.69) is 6.92 Å². The highest BCUT2D eigenvalue weighted by Crippen LogP contribution is 2.26. The Hall–Kier alpha value is -2.03. The third-order valence-electron chi connectivity index (χ3n) is 3.84. The smallest absolute Gasteiger partial charge is 0.335 e. The number of hydrogen-bond donors (Lipinski definition) is 1. The Morgan fingerprint density at radius 3 is 2.59 bits per heavy atom. The SMILES string of the molecule is CCCCCCCCOc1cccc2cc(C(=O)O)ccc12. The summed E-state index contributed by atoms with van der Waals surface area (Å²) in [6.45, 7) is 2.94. The van der Waals surface area contributed by atoms with Crippen LogP contribution in [0.25, 0.3) is 10.8 Å². The van der Waals surface area contributed by atoms with Crippen molar-refractivity contribution < 1.29 is 14.6 Å². The van der Waals surface area contributed by atoms with Crippen LogP contribution in [0, 0.1) is 0 Å². The number of carboxylic acid groups (broad SMARTS) is 1. The van der Waals surface area contributed by atoms with Gasteiger partial charge in [-0.3, -0.25) is 0 Å². The van der Waals surface area contributed by atoms with Gasteiger partial charge in [0.1, 0.15) is 5.75 Å². The number of rotatable bonds is 9. The number of hydrogen-bond acceptors (Lipinski definition) is 2. The quantitative estimate of drug-likeness (QED) is 0.641. The minimum atomic E-state index is -0.902. The van der Waals surface area contributed by atoms with E-state index in [1.165, 1.54) is 32.1 Å². The lowest BCUT2D eigenvalue weighted by molar-refractivity contribution is 0.0697. The summed E-state index contributed by atoms with van der Waals surface area (Å²) in [5.41, 5.74) is 0.306. The molecule has 22 heavy (non-hydrogen) atoms. The lowest BCUT2D eigenvalue weighted by atomic mass is 10.1. The summed E-state index contributed by atoms with van der Waals surface area (Å²) >= 11 is 0. The molecule has 0 bridgehead atoms. The molecule has 3 heteroatoms. The van der Waals surface area contributed by atoms with Gasteiger partial charge in [-0.05, 0) is 36.1 Å². The number of ether oxygens (including phenoxy) is 1. The number of unbranched alkanes of at least 4 members (excludes halogenated alkanes) is 5. The van der Waals surface area contributed by atoms with Crippen LogP contribution in [0.4, 0.5) is 0 Å². The van der Waals surface area contributed by atoms with Gasteiger partial charge in [0, 0.05) is 5.39 Å². The van der Waals surface area contributed by atoms with Gasteiger partial charge in [0.2, 0.25) is 0 Å². The second-order valence-corrected chi connectivity index (χ2v) is 5.61. The van der Waals surface area contributed by atoms with Crippen molar-refractivity contribution in [1.82, 2.24) is 0 Å². The molecule has 0 heterocycles. The Labute approximate surface area is 131 Å². The van der Waals surface area contributed by atoms with Gasteiger partial charge in [-0.2, -0.15) is 0 Å². The van der Waals surface area contributed by atoms with Gasteiger partial charge in [0.25, 0.3) is 0 Å². The van der Waals surface area contributed by atoms with Gasteiger partial charge in [0.15, 0.2) is 0 Å². The van der Waals surface area contributed by atoms with E-state index in [9.17, 15) is 4.79 Å². The van der Waals surface area contributed by atoms with Crippen LogP contribution in [0.15, 0.2) is 36.4 Å². The van der Waals surface area contributed by atoms with Crippen molar-refractivity contribution in [2.24, 2.45) is 0 Å². The van der Waals surface area contributed by atoms with Gasteiger partial charge >= 0.3 is 5.97 Å². The first kappa shape index (κ1) is 16.3. The molecule has 0 saturated heterocycles. The van der Waals surface area contributed by atoms with Crippen LogP contribution in [0.3, 0.4) is 0 Å². The van der Waals surface area contributed by atoms with Crippen molar-refractivity contribution in [2.75, 3.05) is 6.61 Å². The van der Waals surface area contributed by atoms with Crippen molar-refractivity contribution in [3.05, 3.63) is 42.0 Å². The summed E-state index contributed by atoms with van der Waals surface area (Å²) in [7, 11) is 0. The van der Waals surface area contributed by atoms with Crippen LogP contribution < -0.4 is 4.74 Å². The zero-order chi connectivity index (χ0) is 15.8. The van der Waals surface area contributed by atoms with Crippen molar-refractivity contribution in [3.8, 4) is 5.75 Å². The molecule has 0 aromatic heterocycles. The van der Waals surface area contributed by atoms with E-state index in [0.29, 0.717) is 12.2 Å². The molecule has 0 saturated carbocycles. The average molecular weight is 300 g/mol. The molecule has 1 N–H and O–H groups in total. The fraction of sp³-hybridized carbons (Fsp3) is 0.421. The Balaban J connectivity index is 1.92. The van der Waals surface area contributed by atoms with Crippen molar-refractivity contribution in [1.29, 1.82) is 0 Å². The fourth-order valence-corrected chi connectivity index (χ4v) is 2.58. The minimum absolute atomic E-state index is 0.306. The van der Waals surface area contributed by atoms with Gasteiger partial charge in [-0.1, -0.05) is 51.2 Å². The van der Waals surface area contributed by atoms with Crippen LogP contribution in [0.2, 0.25) is 0 Å². The zero-order valence-electron chi connectivity index (χ0n) is 13.2. The third kappa shape index (κ3) is 4.48. The number of carboxylic acids is 1. The standard InChI is InChI=1S/C19H24O3/c1-2-3-4-5-6-7-13-22-18-10-8-9-15-14-16(19(20)21)11-12-17(15)18/h8-12,14H,2-7,13H2,1H3,(H,20,21). The number of carbonyl (C=O) groups is 1. The molecular weight excluding hydrogens is 276 g/mol. The monoisotopic (exact) mass is 300 g/mol. The summed E-state index contributed by atoms with van der Waals surface area (Å²) in [6.07, 6.45) is 7.43. The maximum absolute atomic E-state index is 11.0. The lowest BCUT2D eigenvalue weighted by Gasteiger charge is -2.10. The number of fused-ring (bicyclic) bond motifs is 1. The normalized spacial score (nSPS) is 10.8. The van der Waals surface area contributed by atoms with E-state index in [1.54, 1.807) is 12.1 Å². The highest BCUT2D eigenvalue weighted by molar-refractivity contribution is 5.96. The van der Waals surface area contributed by atoms with E-state index in [0.717, 1.165) is 22.9 Å². The summed E-state index contributed by atoms with van der Waals surface area (Å²) in [5, 5.41) is 10.9. The summed E-state index contributed by atoms with van der Waals surface area (Å²) < 4.78 is 5.88. The Kier molecular flexibility index (Phi) is 6.26. The third-order valence-corrected chi connectivity index (χ3v) is 3.84. The van der Waals surface area contributed by atoms with Crippen molar-refractivity contribution in [2.45, 2.75) is 45.4 Å². The molecule has 0 radical (unpaired) electrons. The largest absolute Gasteiger partial charge is 0.493 e. The summed E-state index contributed by atoms with van der Waals surface area (Å²) in [6, 6.07) is 10.9. The maximum atomic E-state index is 11.0. The van der Waals surface area contributed by atoms with Crippen LogP contribution >= 0.6 is 0 Å². The van der Waals surface area contributed by atoms with Crippen molar-refractivity contribution >= 4 is 16.7 Å². The van der Waals surface area contributed by atoms with Gasteiger partial charge in [0.05, 0.1) is 12.2 Å². The molecule has 2 aromatic rings. The predicted octanol–water partition coefficient (Wildman–Crippen LogP) is 5.28. The molecule has 2 aromatic carbocycles. The summed E-state index contributed by atoms with van der Waals surface area (Å²) in [5.74, 6) is -0.0664. The minimum Gasteiger partial charge on any atom is -0.493 e. The molecule has 0 aliphatic rings. The van der Waals surface area contributed by atoms with Crippen molar-refractivity contribution in [3.63, 3.8) is 0 Å². The van der Waals surface area contributed by atoms with E-state index in [4.69, 9.17) is 9.84 Å². The van der Waals surface area contributed by atoms with Crippen LogP contribution in [0.1, 0.15) is 55.8 Å². The molecule has 0 fully saturated rings. The van der Waals surface area contributed by atoms with E-state index < -0.39 is 5.97 Å². The molecular formula is C19H24O3. The average Bonchev–Trinajstić information content (AvgIpc) is 2.53. The van der Waals surface area contributed by atoms with Gasteiger partial charge in [-0.25, -0.2) is 4.79 Å². The van der Waals surface area contributed by atoms with Crippen LogP contribution in [-0.4, -0.2) is 17.7 Å². The number of benzene rings is 2. The molecule has 0 amide bonds. The molecule has 118 valence electrons. The topological polar surface area (TPSA) is 46.5 Å². The maximum Gasteiger partial charge on any atom is 0.335 e. The molecule has 0 atom stereocenters. The Bertz CT molecular complexity index is 619. The number of aromatic carboxylic acids is 1. The first-order chi connectivity index (χ1) is 10.7. The molecule has 0 aliphatic carbocycles. The first-order valence-electron chi connectivity index (χ1n) is 8.11. The van der Waals surface area contributed by atoms with E-state index in [1.807, 2.05) is 24.3 Å². The van der Waals surface area contributed by atoms with Crippen LogP contribution in [0.5, 0.6) is 5.75 Å². The van der Waals surface area contributed by atoms with Gasteiger partial charge in [-0.15, -0.1) is 0 Å². The molecule has 3 nitrogen and oxygen atoms in total. The summed E-state index contributed by atoms with van der Waals surface area (Å²) in [4.78, 5) is 11.0. The Morgan fingerprint density at radius 2 is 1.82 bits per heavy atom. The molecule has 0 unspecified atom stereocenters.